The molecule has 0 aliphatic heterocycles. The van der Waals surface area contributed by atoms with Crippen molar-refractivity contribution in [1.29, 1.82) is 0 Å². The SMILES string of the molecule is CC(C)(C)c1cccc(-n2ccc(C(C)(c3ccccc3)c3ccn(-c4cccc(C(C)(C)C)c4)n3)n2)c1. The number of rotatable bonds is 5. The van der Waals surface area contributed by atoms with Crippen LogP contribution in [0.4, 0.5) is 0 Å². The average Bonchev–Trinajstić information content (AvgIpc) is 3.59. The fraction of sp³-hybridized carbons (Fsp3) is 0.294. The van der Waals surface area contributed by atoms with Crippen molar-refractivity contribution < 1.29 is 0 Å². The van der Waals surface area contributed by atoms with E-state index in [-0.39, 0.29) is 10.8 Å². The Labute approximate surface area is 227 Å². The first-order valence-electron chi connectivity index (χ1n) is 13.4. The van der Waals surface area contributed by atoms with Crippen LogP contribution in [0.2, 0.25) is 0 Å². The zero-order valence-corrected chi connectivity index (χ0v) is 23.6. The maximum absolute atomic E-state index is 5.12. The molecule has 4 nitrogen and oxygen atoms in total. The summed E-state index contributed by atoms with van der Waals surface area (Å²) in [7, 11) is 0. The van der Waals surface area contributed by atoms with Crippen molar-refractivity contribution in [2.45, 2.75) is 64.7 Å². The van der Waals surface area contributed by atoms with Gasteiger partial charge in [0.05, 0.1) is 28.2 Å². The van der Waals surface area contributed by atoms with Gasteiger partial charge in [-0.3, -0.25) is 0 Å². The molecule has 0 saturated carbocycles. The van der Waals surface area contributed by atoms with E-state index in [9.17, 15) is 0 Å². The second-order valence-corrected chi connectivity index (χ2v) is 12.4. The molecule has 0 fully saturated rings. The number of hydrogen-bond donors (Lipinski definition) is 0. The molecule has 194 valence electrons. The highest BCUT2D eigenvalue weighted by atomic mass is 15.3. The first-order valence-corrected chi connectivity index (χ1v) is 13.4. The predicted octanol–water partition coefficient (Wildman–Crippen LogP) is 8.01. The van der Waals surface area contributed by atoms with Crippen LogP contribution in [-0.4, -0.2) is 19.6 Å². The van der Waals surface area contributed by atoms with Gasteiger partial charge in [-0.15, -0.1) is 0 Å². The van der Waals surface area contributed by atoms with E-state index in [4.69, 9.17) is 10.2 Å². The van der Waals surface area contributed by atoms with Crippen LogP contribution in [0.5, 0.6) is 0 Å². The fourth-order valence-electron chi connectivity index (χ4n) is 4.90. The van der Waals surface area contributed by atoms with Crippen LogP contribution in [0.1, 0.15) is 76.5 Å². The second-order valence-electron chi connectivity index (χ2n) is 12.4. The van der Waals surface area contributed by atoms with Gasteiger partial charge in [-0.2, -0.15) is 10.2 Å². The summed E-state index contributed by atoms with van der Waals surface area (Å²) >= 11 is 0. The third-order valence-corrected chi connectivity index (χ3v) is 7.51. The van der Waals surface area contributed by atoms with Gasteiger partial charge in [0.25, 0.3) is 0 Å². The third-order valence-electron chi connectivity index (χ3n) is 7.51. The zero-order valence-electron chi connectivity index (χ0n) is 23.6. The molecule has 0 spiro atoms. The first kappa shape index (κ1) is 25.7. The van der Waals surface area contributed by atoms with Crippen LogP contribution in [0, 0.1) is 0 Å². The van der Waals surface area contributed by atoms with Gasteiger partial charge in [0, 0.05) is 12.4 Å². The van der Waals surface area contributed by atoms with Gasteiger partial charge >= 0.3 is 0 Å². The molecule has 0 bridgehead atoms. The minimum atomic E-state index is -0.527. The highest BCUT2D eigenvalue weighted by Gasteiger charge is 2.36. The molecule has 0 unspecified atom stereocenters. The van der Waals surface area contributed by atoms with E-state index in [1.54, 1.807) is 0 Å². The summed E-state index contributed by atoms with van der Waals surface area (Å²) in [5.41, 5.74) is 7.37. The van der Waals surface area contributed by atoms with Crippen LogP contribution in [0.15, 0.2) is 103 Å². The molecule has 0 aliphatic rings. The van der Waals surface area contributed by atoms with E-state index in [0.717, 1.165) is 28.3 Å². The van der Waals surface area contributed by atoms with Gasteiger partial charge in [0.2, 0.25) is 0 Å². The Morgan fingerprint density at radius 1 is 0.474 bits per heavy atom. The molecule has 5 rings (SSSR count). The molecule has 0 radical (unpaired) electrons. The Bertz CT molecular complexity index is 1450. The fourth-order valence-corrected chi connectivity index (χ4v) is 4.90. The molecule has 0 N–H and O–H groups in total. The molecule has 0 saturated heterocycles. The van der Waals surface area contributed by atoms with E-state index in [2.05, 4.69) is 152 Å². The lowest BCUT2D eigenvalue weighted by atomic mass is 9.77. The second kappa shape index (κ2) is 9.43. The van der Waals surface area contributed by atoms with Gasteiger partial charge in [0.15, 0.2) is 0 Å². The summed E-state index contributed by atoms with van der Waals surface area (Å²) in [4.78, 5) is 0. The molecule has 2 heterocycles. The number of hydrogen-bond acceptors (Lipinski definition) is 2. The minimum Gasteiger partial charge on any atom is -0.241 e. The molecule has 2 aromatic heterocycles. The zero-order chi connectivity index (χ0) is 27.1. The topological polar surface area (TPSA) is 35.6 Å². The lowest BCUT2D eigenvalue weighted by Gasteiger charge is -2.27. The quantitative estimate of drug-likeness (QED) is 0.244. The standard InChI is InChI=1S/C34H38N4/c1-32(2,3)26-15-11-17-28(23-26)37-21-19-30(35-37)34(7,25-13-9-8-10-14-25)31-20-22-38(36-31)29-18-12-16-27(24-29)33(4,5)6/h8-24H,1-7H3. The number of benzene rings is 3. The number of aromatic nitrogens is 4. The Morgan fingerprint density at radius 3 is 1.32 bits per heavy atom. The highest BCUT2D eigenvalue weighted by molar-refractivity contribution is 5.46. The predicted molar refractivity (Wildman–Crippen MR) is 157 cm³/mol. The first-order chi connectivity index (χ1) is 18.0. The Balaban J connectivity index is 1.59. The molecule has 0 amide bonds. The summed E-state index contributed by atoms with van der Waals surface area (Å²) in [6.07, 6.45) is 4.12. The molecule has 0 atom stereocenters. The summed E-state index contributed by atoms with van der Waals surface area (Å²) in [5, 5.41) is 10.2. The van der Waals surface area contributed by atoms with Crippen molar-refractivity contribution in [3.05, 3.63) is 131 Å². The van der Waals surface area contributed by atoms with Crippen molar-refractivity contribution >= 4 is 0 Å². The largest absolute Gasteiger partial charge is 0.241 e. The lowest BCUT2D eigenvalue weighted by Crippen LogP contribution is -2.27. The third kappa shape index (κ3) is 4.83. The molecule has 3 aromatic carbocycles. The molecule has 0 aliphatic carbocycles. The van der Waals surface area contributed by atoms with Crippen molar-refractivity contribution in [2.75, 3.05) is 0 Å². The molecular weight excluding hydrogens is 464 g/mol. The van der Waals surface area contributed by atoms with Crippen LogP contribution in [-0.2, 0) is 16.2 Å². The van der Waals surface area contributed by atoms with Gasteiger partial charge in [-0.25, -0.2) is 9.36 Å². The summed E-state index contributed by atoms with van der Waals surface area (Å²) in [6.45, 7) is 15.6. The molecule has 5 aromatic rings. The minimum absolute atomic E-state index is 0.0711. The van der Waals surface area contributed by atoms with Crippen molar-refractivity contribution in [2.24, 2.45) is 0 Å². The van der Waals surface area contributed by atoms with Crippen LogP contribution < -0.4 is 0 Å². The van der Waals surface area contributed by atoms with Crippen LogP contribution in [0.25, 0.3) is 11.4 Å². The van der Waals surface area contributed by atoms with E-state index < -0.39 is 5.41 Å². The van der Waals surface area contributed by atoms with Gasteiger partial charge < -0.3 is 0 Å². The van der Waals surface area contributed by atoms with Crippen LogP contribution >= 0.6 is 0 Å². The van der Waals surface area contributed by atoms with E-state index in [0.29, 0.717) is 0 Å². The molecule has 38 heavy (non-hydrogen) atoms. The lowest BCUT2D eigenvalue weighted by molar-refractivity contribution is 0.588. The van der Waals surface area contributed by atoms with Gasteiger partial charge in [0.1, 0.15) is 0 Å². The maximum Gasteiger partial charge on any atom is 0.0805 e. The average molecular weight is 503 g/mol. The maximum atomic E-state index is 5.12. The normalized spacial score (nSPS) is 12.6. The summed E-state index contributed by atoms with van der Waals surface area (Å²) in [6, 6.07) is 32.1. The van der Waals surface area contributed by atoms with E-state index in [1.165, 1.54) is 11.1 Å². The van der Waals surface area contributed by atoms with Gasteiger partial charge in [-0.1, -0.05) is 96.1 Å². The molecular formula is C34H38N4. The summed E-state index contributed by atoms with van der Waals surface area (Å²) in [5.74, 6) is 0. The van der Waals surface area contributed by atoms with E-state index >= 15 is 0 Å². The van der Waals surface area contributed by atoms with Crippen LogP contribution in [0.3, 0.4) is 0 Å². The summed E-state index contributed by atoms with van der Waals surface area (Å²) < 4.78 is 3.96. The van der Waals surface area contributed by atoms with Crippen molar-refractivity contribution in [3.8, 4) is 11.4 Å². The van der Waals surface area contributed by atoms with Crippen molar-refractivity contribution in [3.63, 3.8) is 0 Å². The van der Waals surface area contributed by atoms with E-state index in [1.807, 2.05) is 9.36 Å². The van der Waals surface area contributed by atoms with Crippen molar-refractivity contribution in [1.82, 2.24) is 19.6 Å². The Kier molecular flexibility index (Phi) is 6.38. The highest BCUT2D eigenvalue weighted by Crippen LogP contribution is 2.37. The van der Waals surface area contributed by atoms with Gasteiger partial charge in [-0.05, 0) is 70.8 Å². The Hall–Kier alpha value is -3.92. The monoisotopic (exact) mass is 502 g/mol. The number of nitrogens with zero attached hydrogens (tertiary/aromatic N) is 4. The molecule has 4 heteroatoms. The smallest absolute Gasteiger partial charge is 0.0805 e. The Morgan fingerprint density at radius 2 is 0.895 bits per heavy atom.